The van der Waals surface area contributed by atoms with Gasteiger partial charge in [0.2, 0.25) is 5.75 Å². The molecule has 0 spiro atoms. The quantitative estimate of drug-likeness (QED) is 0.646. The molecule has 0 unspecified atom stereocenters. The molecule has 1 aliphatic rings. The highest BCUT2D eigenvalue weighted by molar-refractivity contribution is 5.70. The summed E-state index contributed by atoms with van der Waals surface area (Å²) in [7, 11) is 1.67. The van der Waals surface area contributed by atoms with Crippen molar-refractivity contribution in [1.82, 2.24) is 0 Å². The molecule has 1 aliphatic heterocycles. The number of rotatable bonds is 1. The normalized spacial score (nSPS) is 13.2. The van der Waals surface area contributed by atoms with Gasteiger partial charge in [-0.1, -0.05) is 20.8 Å². The number of fused-ring (bicyclic) bond motifs is 1. The average molecular weight is 192 g/mol. The van der Waals surface area contributed by atoms with Gasteiger partial charge in [0.25, 0.3) is 0 Å². The minimum absolute atomic E-state index is 0.136. The van der Waals surface area contributed by atoms with Crippen molar-refractivity contribution >= 4 is 0 Å². The van der Waals surface area contributed by atoms with Crippen LogP contribution in [-0.4, -0.2) is 7.11 Å². The lowest BCUT2D eigenvalue weighted by molar-refractivity contribution is 0.408. The first-order chi connectivity index (χ1) is 6.45. The molecule has 0 saturated heterocycles. The van der Waals surface area contributed by atoms with E-state index in [2.05, 4.69) is 27.7 Å². The van der Waals surface area contributed by atoms with Gasteiger partial charge in [-0.3, -0.25) is 0 Å². The summed E-state index contributed by atoms with van der Waals surface area (Å²) in [6.45, 7) is 8.70. The lowest BCUT2D eigenvalue weighted by Gasteiger charge is -2.19. The van der Waals surface area contributed by atoms with E-state index in [0.717, 1.165) is 17.2 Å². The number of hydrogen-bond donors (Lipinski definition) is 0. The van der Waals surface area contributed by atoms with Crippen LogP contribution in [0.4, 0.5) is 0 Å². The standard InChI is InChI=1S/C12H16O2/c1-7-6-8(13-5)10-11(14-10)9(7)12(2,3)4/h6H,1-5H3. The fourth-order valence-electron chi connectivity index (χ4n) is 2.00. The highest BCUT2D eigenvalue weighted by atomic mass is 16.6. The van der Waals surface area contributed by atoms with Crippen LogP contribution < -0.4 is 9.47 Å². The topological polar surface area (TPSA) is 21.8 Å². The van der Waals surface area contributed by atoms with Gasteiger partial charge in [0, 0.05) is 5.56 Å². The Morgan fingerprint density at radius 1 is 1.21 bits per heavy atom. The van der Waals surface area contributed by atoms with Gasteiger partial charge in [0.1, 0.15) is 0 Å². The number of ether oxygens (including phenoxy) is 2. The minimum Gasteiger partial charge on any atom is -0.493 e. The van der Waals surface area contributed by atoms with E-state index >= 15 is 0 Å². The Morgan fingerprint density at radius 3 is 2.36 bits per heavy atom. The molecule has 0 aliphatic carbocycles. The predicted molar refractivity (Wildman–Crippen MR) is 56.5 cm³/mol. The molecule has 0 saturated carbocycles. The summed E-state index contributed by atoms with van der Waals surface area (Å²) in [5.74, 6) is 2.79. The van der Waals surface area contributed by atoms with Crippen molar-refractivity contribution in [2.75, 3.05) is 7.11 Å². The van der Waals surface area contributed by atoms with Gasteiger partial charge in [0.05, 0.1) is 7.11 Å². The van der Waals surface area contributed by atoms with Crippen LogP contribution in [0.5, 0.6) is 17.2 Å². The maximum atomic E-state index is 5.47. The van der Waals surface area contributed by atoms with Crippen LogP contribution in [0, 0.1) is 6.92 Å². The summed E-state index contributed by atoms with van der Waals surface area (Å²) in [4.78, 5) is 0. The Kier molecular flexibility index (Phi) is 1.78. The highest BCUT2D eigenvalue weighted by Gasteiger charge is 2.36. The smallest absolute Gasteiger partial charge is 0.212 e. The van der Waals surface area contributed by atoms with E-state index in [-0.39, 0.29) is 5.41 Å². The maximum absolute atomic E-state index is 5.47. The molecule has 2 nitrogen and oxygen atoms in total. The first-order valence-corrected chi connectivity index (χ1v) is 4.85. The Balaban J connectivity index is 2.57. The predicted octanol–water partition coefficient (Wildman–Crippen LogP) is 3.41. The molecule has 0 bridgehead atoms. The molecule has 1 aromatic rings. The van der Waals surface area contributed by atoms with Crippen molar-refractivity contribution in [2.45, 2.75) is 33.1 Å². The second kappa shape index (κ2) is 2.66. The summed E-state index contributed by atoms with van der Waals surface area (Å²) < 4.78 is 10.7. The molecule has 1 heterocycles. The summed E-state index contributed by atoms with van der Waals surface area (Å²) in [5, 5.41) is 0. The second-order valence-electron chi connectivity index (χ2n) is 4.78. The number of aryl methyl sites for hydroxylation is 1. The Labute approximate surface area is 84.8 Å². The molecule has 2 heteroatoms. The van der Waals surface area contributed by atoms with Gasteiger partial charge < -0.3 is 9.47 Å². The largest absolute Gasteiger partial charge is 0.493 e. The van der Waals surface area contributed by atoms with Crippen molar-refractivity contribution in [3.05, 3.63) is 17.2 Å². The molecule has 14 heavy (non-hydrogen) atoms. The van der Waals surface area contributed by atoms with Crippen LogP contribution >= 0.6 is 0 Å². The Hall–Kier alpha value is -1.18. The first kappa shape index (κ1) is 9.38. The lowest BCUT2D eigenvalue weighted by Crippen LogP contribution is -2.11. The van der Waals surface area contributed by atoms with Crippen LogP contribution in [-0.2, 0) is 5.41 Å². The summed E-state index contributed by atoms with van der Waals surface area (Å²) in [6, 6.07) is 2.05. The molecular weight excluding hydrogens is 176 g/mol. The van der Waals surface area contributed by atoms with Crippen molar-refractivity contribution < 1.29 is 9.47 Å². The maximum Gasteiger partial charge on any atom is 0.212 e. The molecule has 76 valence electrons. The molecule has 0 N–H and O–H groups in total. The molecule has 0 aromatic heterocycles. The van der Waals surface area contributed by atoms with Crippen LogP contribution in [0.15, 0.2) is 6.07 Å². The van der Waals surface area contributed by atoms with E-state index in [1.807, 2.05) is 6.07 Å². The summed E-state index contributed by atoms with van der Waals surface area (Å²) >= 11 is 0. The van der Waals surface area contributed by atoms with E-state index in [1.54, 1.807) is 7.11 Å². The summed E-state index contributed by atoms with van der Waals surface area (Å²) in [6.07, 6.45) is 0. The Morgan fingerprint density at radius 2 is 1.86 bits per heavy atom. The summed E-state index contributed by atoms with van der Waals surface area (Å²) in [5.41, 5.74) is 2.68. The zero-order chi connectivity index (χ0) is 10.5. The molecule has 0 fully saturated rings. The number of methoxy groups -OCH3 is 1. The third-order valence-corrected chi connectivity index (χ3v) is 2.53. The number of benzene rings is 1. The van der Waals surface area contributed by atoms with Gasteiger partial charge in [0.15, 0.2) is 11.5 Å². The first-order valence-electron chi connectivity index (χ1n) is 4.85. The van der Waals surface area contributed by atoms with Crippen molar-refractivity contribution in [2.24, 2.45) is 0 Å². The van der Waals surface area contributed by atoms with Crippen LogP contribution in [0.25, 0.3) is 0 Å². The van der Waals surface area contributed by atoms with Gasteiger partial charge in [-0.05, 0) is 24.0 Å². The fourth-order valence-corrected chi connectivity index (χ4v) is 2.00. The van der Waals surface area contributed by atoms with Gasteiger partial charge in [-0.15, -0.1) is 0 Å². The zero-order valence-electron chi connectivity index (χ0n) is 9.39. The van der Waals surface area contributed by atoms with Crippen LogP contribution in [0.3, 0.4) is 0 Å². The van der Waals surface area contributed by atoms with Crippen LogP contribution in [0.1, 0.15) is 31.9 Å². The SMILES string of the molecule is COc1cc(C)c(C(C)(C)C)c2c1O2. The van der Waals surface area contributed by atoms with Gasteiger partial charge in [-0.25, -0.2) is 0 Å². The van der Waals surface area contributed by atoms with Gasteiger partial charge >= 0.3 is 0 Å². The molecular formula is C12H16O2. The number of hydrogen-bond acceptors (Lipinski definition) is 2. The lowest BCUT2D eigenvalue weighted by atomic mass is 9.84. The van der Waals surface area contributed by atoms with E-state index in [4.69, 9.17) is 9.47 Å². The molecule has 0 amide bonds. The van der Waals surface area contributed by atoms with E-state index in [1.165, 1.54) is 11.1 Å². The van der Waals surface area contributed by atoms with E-state index in [9.17, 15) is 0 Å². The van der Waals surface area contributed by atoms with Crippen LogP contribution in [0.2, 0.25) is 0 Å². The third-order valence-electron chi connectivity index (χ3n) is 2.53. The van der Waals surface area contributed by atoms with Gasteiger partial charge in [-0.2, -0.15) is 0 Å². The fraction of sp³-hybridized carbons (Fsp3) is 0.500. The Bertz CT molecular complexity index is 383. The molecule has 0 atom stereocenters. The van der Waals surface area contributed by atoms with Crippen molar-refractivity contribution in [3.63, 3.8) is 0 Å². The minimum atomic E-state index is 0.136. The van der Waals surface area contributed by atoms with Crippen molar-refractivity contribution in [1.29, 1.82) is 0 Å². The monoisotopic (exact) mass is 192 g/mol. The average Bonchev–Trinajstić information content (AvgIpc) is 2.78. The molecule has 1 aromatic carbocycles. The highest BCUT2D eigenvalue weighted by Crippen LogP contribution is 2.58. The van der Waals surface area contributed by atoms with E-state index in [0.29, 0.717) is 0 Å². The zero-order valence-corrected chi connectivity index (χ0v) is 9.39. The van der Waals surface area contributed by atoms with Crippen molar-refractivity contribution in [3.8, 4) is 17.2 Å². The molecule has 0 radical (unpaired) electrons. The third kappa shape index (κ3) is 1.26. The molecule has 2 rings (SSSR count). The second-order valence-corrected chi connectivity index (χ2v) is 4.78. The van der Waals surface area contributed by atoms with E-state index < -0.39 is 0 Å².